The monoisotopic (exact) mass is 165 g/mol. The van der Waals surface area contributed by atoms with Crippen LogP contribution in [-0.4, -0.2) is 17.2 Å². The lowest BCUT2D eigenvalue weighted by molar-refractivity contribution is 0.425. The van der Waals surface area contributed by atoms with Crippen molar-refractivity contribution in [3.8, 4) is 0 Å². The molecule has 4 heteroatoms. The molecular formula is C8H12BNO2. The maximum atomic E-state index is 8.88. The van der Waals surface area contributed by atoms with Gasteiger partial charge in [-0.15, -0.1) is 0 Å². The quantitative estimate of drug-likeness (QED) is 0.499. The highest BCUT2D eigenvalue weighted by Gasteiger charge is 2.11. The van der Waals surface area contributed by atoms with Gasteiger partial charge in [0, 0.05) is 6.54 Å². The molecule has 0 aliphatic rings. The summed E-state index contributed by atoms with van der Waals surface area (Å²) in [5, 5.41) is 17.8. The van der Waals surface area contributed by atoms with Crippen molar-refractivity contribution in [3.05, 3.63) is 29.3 Å². The van der Waals surface area contributed by atoms with E-state index >= 15 is 0 Å². The molecule has 0 aliphatic heterocycles. The van der Waals surface area contributed by atoms with E-state index in [1.54, 1.807) is 12.1 Å². The minimum Gasteiger partial charge on any atom is -0.423 e. The number of hydrogen-bond donors (Lipinski definition) is 3. The third kappa shape index (κ3) is 2.07. The van der Waals surface area contributed by atoms with Crippen molar-refractivity contribution in [2.45, 2.75) is 13.5 Å². The van der Waals surface area contributed by atoms with Gasteiger partial charge in [-0.2, -0.15) is 0 Å². The molecule has 1 rings (SSSR count). The standard InChI is InChI=1S/C8H12BNO2/c1-6-2-7(5-10)4-8(3-6)9(11)12/h2-4,11-12H,5,10H2,1H3. The van der Waals surface area contributed by atoms with Crippen molar-refractivity contribution in [2.75, 3.05) is 0 Å². The molecule has 0 atom stereocenters. The van der Waals surface area contributed by atoms with Crippen LogP contribution in [0, 0.1) is 6.92 Å². The molecule has 0 aliphatic carbocycles. The van der Waals surface area contributed by atoms with Crippen LogP contribution < -0.4 is 11.2 Å². The van der Waals surface area contributed by atoms with Crippen LogP contribution in [0.15, 0.2) is 18.2 Å². The molecule has 1 aromatic carbocycles. The highest BCUT2D eigenvalue weighted by Crippen LogP contribution is 2.01. The largest absolute Gasteiger partial charge is 0.488 e. The Kier molecular flexibility index (Phi) is 2.86. The molecule has 1 aromatic rings. The maximum absolute atomic E-state index is 8.88. The minimum atomic E-state index is -1.41. The van der Waals surface area contributed by atoms with Gasteiger partial charge in [0.1, 0.15) is 0 Å². The normalized spacial score (nSPS) is 10.0. The summed E-state index contributed by atoms with van der Waals surface area (Å²) < 4.78 is 0. The predicted molar refractivity (Wildman–Crippen MR) is 48.9 cm³/mol. The van der Waals surface area contributed by atoms with E-state index in [0.717, 1.165) is 11.1 Å². The summed E-state index contributed by atoms with van der Waals surface area (Å²) in [4.78, 5) is 0. The Balaban J connectivity index is 3.06. The third-order valence-electron chi connectivity index (χ3n) is 1.69. The summed E-state index contributed by atoms with van der Waals surface area (Å²) in [7, 11) is -1.41. The Morgan fingerprint density at radius 3 is 2.50 bits per heavy atom. The Morgan fingerprint density at radius 1 is 1.33 bits per heavy atom. The SMILES string of the molecule is Cc1cc(CN)cc(B(O)O)c1. The number of rotatable bonds is 2. The Bertz CT molecular complexity index is 276. The molecule has 4 N–H and O–H groups in total. The summed E-state index contributed by atoms with van der Waals surface area (Å²) >= 11 is 0. The number of hydrogen-bond acceptors (Lipinski definition) is 3. The van der Waals surface area contributed by atoms with E-state index in [1.807, 2.05) is 13.0 Å². The highest BCUT2D eigenvalue weighted by atomic mass is 16.4. The average molecular weight is 165 g/mol. The van der Waals surface area contributed by atoms with E-state index in [-0.39, 0.29) is 0 Å². The third-order valence-corrected chi connectivity index (χ3v) is 1.69. The van der Waals surface area contributed by atoms with E-state index in [0.29, 0.717) is 12.0 Å². The van der Waals surface area contributed by atoms with Gasteiger partial charge < -0.3 is 15.8 Å². The number of aryl methyl sites for hydroxylation is 1. The molecule has 0 fully saturated rings. The molecule has 0 aromatic heterocycles. The van der Waals surface area contributed by atoms with Crippen molar-refractivity contribution < 1.29 is 10.0 Å². The smallest absolute Gasteiger partial charge is 0.423 e. The first-order chi connectivity index (χ1) is 5.63. The summed E-state index contributed by atoms with van der Waals surface area (Å²) in [6, 6.07) is 5.34. The summed E-state index contributed by atoms with van der Waals surface area (Å²) in [6.45, 7) is 2.31. The summed E-state index contributed by atoms with van der Waals surface area (Å²) in [5.41, 5.74) is 7.82. The van der Waals surface area contributed by atoms with E-state index < -0.39 is 7.12 Å². The fourth-order valence-electron chi connectivity index (χ4n) is 1.16. The zero-order chi connectivity index (χ0) is 9.14. The van der Waals surface area contributed by atoms with Gasteiger partial charge in [-0.05, 0) is 17.9 Å². The Morgan fingerprint density at radius 2 is 2.00 bits per heavy atom. The van der Waals surface area contributed by atoms with Gasteiger partial charge in [-0.3, -0.25) is 0 Å². The zero-order valence-corrected chi connectivity index (χ0v) is 6.99. The van der Waals surface area contributed by atoms with Crippen LogP contribution in [0.3, 0.4) is 0 Å². The van der Waals surface area contributed by atoms with Crippen molar-refractivity contribution in [2.24, 2.45) is 5.73 Å². The van der Waals surface area contributed by atoms with Gasteiger partial charge in [-0.25, -0.2) is 0 Å². The van der Waals surface area contributed by atoms with Crippen molar-refractivity contribution in [1.29, 1.82) is 0 Å². The fraction of sp³-hybridized carbons (Fsp3) is 0.250. The molecule has 0 unspecified atom stereocenters. The molecule has 3 nitrogen and oxygen atoms in total. The van der Waals surface area contributed by atoms with Crippen LogP contribution >= 0.6 is 0 Å². The van der Waals surface area contributed by atoms with Crippen LogP contribution in [-0.2, 0) is 6.54 Å². The number of nitrogens with two attached hydrogens (primary N) is 1. The molecule has 0 saturated carbocycles. The van der Waals surface area contributed by atoms with Gasteiger partial charge in [0.25, 0.3) is 0 Å². The summed E-state index contributed by atoms with van der Waals surface area (Å²) in [5.74, 6) is 0. The predicted octanol–water partition coefficient (Wildman–Crippen LogP) is -0.866. The fourth-order valence-corrected chi connectivity index (χ4v) is 1.16. The van der Waals surface area contributed by atoms with Crippen molar-refractivity contribution >= 4 is 12.6 Å². The van der Waals surface area contributed by atoms with Gasteiger partial charge in [-0.1, -0.05) is 23.8 Å². The lowest BCUT2D eigenvalue weighted by Crippen LogP contribution is -2.30. The van der Waals surface area contributed by atoms with Gasteiger partial charge >= 0.3 is 7.12 Å². The highest BCUT2D eigenvalue weighted by molar-refractivity contribution is 6.58. The van der Waals surface area contributed by atoms with Crippen LogP contribution in [0.5, 0.6) is 0 Å². The molecule has 0 heterocycles. The number of benzene rings is 1. The Labute approximate surface area is 72.0 Å². The van der Waals surface area contributed by atoms with Crippen molar-refractivity contribution in [1.82, 2.24) is 0 Å². The topological polar surface area (TPSA) is 66.5 Å². The van der Waals surface area contributed by atoms with Crippen LogP contribution in [0.4, 0.5) is 0 Å². The lowest BCUT2D eigenvalue weighted by atomic mass is 9.79. The first-order valence-electron chi connectivity index (χ1n) is 3.80. The van der Waals surface area contributed by atoms with Gasteiger partial charge in [0.05, 0.1) is 0 Å². The maximum Gasteiger partial charge on any atom is 0.488 e. The molecule has 0 bridgehead atoms. The van der Waals surface area contributed by atoms with E-state index in [4.69, 9.17) is 15.8 Å². The van der Waals surface area contributed by atoms with E-state index in [1.165, 1.54) is 0 Å². The van der Waals surface area contributed by atoms with Crippen LogP contribution in [0.1, 0.15) is 11.1 Å². The second kappa shape index (κ2) is 3.71. The van der Waals surface area contributed by atoms with E-state index in [9.17, 15) is 0 Å². The summed E-state index contributed by atoms with van der Waals surface area (Å²) in [6.07, 6.45) is 0. The minimum absolute atomic E-state index is 0.418. The van der Waals surface area contributed by atoms with Crippen LogP contribution in [0.25, 0.3) is 0 Å². The zero-order valence-electron chi connectivity index (χ0n) is 6.99. The molecule has 0 spiro atoms. The van der Waals surface area contributed by atoms with Crippen LogP contribution in [0.2, 0.25) is 0 Å². The Hall–Kier alpha value is -0.835. The van der Waals surface area contributed by atoms with Gasteiger partial charge in [0.15, 0.2) is 0 Å². The molecule has 0 amide bonds. The van der Waals surface area contributed by atoms with Crippen molar-refractivity contribution in [3.63, 3.8) is 0 Å². The molecule has 0 saturated heterocycles. The average Bonchev–Trinajstić information content (AvgIpc) is 2.03. The molecule has 64 valence electrons. The van der Waals surface area contributed by atoms with E-state index in [2.05, 4.69) is 0 Å². The lowest BCUT2D eigenvalue weighted by Gasteiger charge is -2.04. The first kappa shape index (κ1) is 9.25. The molecule has 12 heavy (non-hydrogen) atoms. The first-order valence-corrected chi connectivity index (χ1v) is 3.80. The second-order valence-electron chi connectivity index (χ2n) is 2.83. The molecule has 0 radical (unpaired) electrons. The molecular weight excluding hydrogens is 153 g/mol. The van der Waals surface area contributed by atoms with Gasteiger partial charge in [0.2, 0.25) is 0 Å². The second-order valence-corrected chi connectivity index (χ2v) is 2.83.